The molecule has 1 aromatic heterocycles. The summed E-state index contributed by atoms with van der Waals surface area (Å²) in [4.78, 5) is 14.2. The Morgan fingerprint density at radius 2 is 2.29 bits per heavy atom. The van der Waals surface area contributed by atoms with Gasteiger partial charge in [0.2, 0.25) is 0 Å². The van der Waals surface area contributed by atoms with Gasteiger partial charge in [0.1, 0.15) is 5.69 Å². The molecule has 2 heterocycles. The standard InChI is InChI=1S/C13H20N2O2/c1-10-5-6-12(14(10)2)13(17)15-7-3-4-11(8-15)9-16/h5-6,11,16H,3-4,7-9H2,1-2H3. The quantitative estimate of drug-likeness (QED) is 0.838. The minimum absolute atomic E-state index is 0.0822. The largest absolute Gasteiger partial charge is 0.396 e. The lowest BCUT2D eigenvalue weighted by Crippen LogP contribution is -2.41. The number of amides is 1. The second kappa shape index (κ2) is 4.92. The second-order valence-corrected chi connectivity index (χ2v) is 4.86. The van der Waals surface area contributed by atoms with Crippen molar-refractivity contribution in [1.29, 1.82) is 0 Å². The number of nitrogens with zero attached hydrogens (tertiary/aromatic N) is 2. The lowest BCUT2D eigenvalue weighted by atomic mass is 9.99. The average molecular weight is 236 g/mol. The molecule has 2 rings (SSSR count). The number of likely N-dealkylation sites (tertiary alicyclic amines) is 1. The summed E-state index contributed by atoms with van der Waals surface area (Å²) in [6.45, 7) is 3.65. The van der Waals surface area contributed by atoms with Gasteiger partial charge >= 0.3 is 0 Å². The molecule has 1 atom stereocenters. The number of aliphatic hydroxyl groups is 1. The Labute approximate surface area is 102 Å². The van der Waals surface area contributed by atoms with Crippen LogP contribution in [0.3, 0.4) is 0 Å². The number of aromatic nitrogens is 1. The Kier molecular flexibility index (Phi) is 3.52. The first-order chi connectivity index (χ1) is 8.13. The van der Waals surface area contributed by atoms with Crippen LogP contribution in [0.2, 0.25) is 0 Å². The monoisotopic (exact) mass is 236 g/mol. The molecule has 0 aromatic carbocycles. The summed E-state index contributed by atoms with van der Waals surface area (Å²) in [6, 6.07) is 3.83. The van der Waals surface area contributed by atoms with Crippen LogP contribution in [0.15, 0.2) is 12.1 Å². The molecule has 0 radical (unpaired) electrons. The van der Waals surface area contributed by atoms with Crippen molar-refractivity contribution in [2.24, 2.45) is 13.0 Å². The van der Waals surface area contributed by atoms with Crippen molar-refractivity contribution in [3.05, 3.63) is 23.5 Å². The first kappa shape index (κ1) is 12.2. The molecule has 1 N–H and O–H groups in total. The Hall–Kier alpha value is -1.29. The summed E-state index contributed by atoms with van der Waals surface area (Å²) in [5.74, 6) is 0.327. The van der Waals surface area contributed by atoms with Crippen molar-refractivity contribution in [2.75, 3.05) is 19.7 Å². The molecule has 0 aliphatic carbocycles. The maximum absolute atomic E-state index is 12.3. The van der Waals surface area contributed by atoms with E-state index in [-0.39, 0.29) is 18.4 Å². The number of hydrogen-bond acceptors (Lipinski definition) is 2. The van der Waals surface area contributed by atoms with E-state index in [1.807, 2.05) is 35.6 Å². The fraction of sp³-hybridized carbons (Fsp3) is 0.615. The molecule has 4 heteroatoms. The summed E-state index contributed by atoms with van der Waals surface area (Å²) < 4.78 is 1.92. The third-order valence-corrected chi connectivity index (χ3v) is 3.66. The smallest absolute Gasteiger partial charge is 0.270 e. The van der Waals surface area contributed by atoms with E-state index in [0.717, 1.165) is 30.8 Å². The SMILES string of the molecule is Cc1ccc(C(=O)N2CCCC(CO)C2)n1C. The van der Waals surface area contributed by atoms with E-state index in [2.05, 4.69) is 0 Å². The molecule has 0 spiro atoms. The second-order valence-electron chi connectivity index (χ2n) is 4.86. The first-order valence-corrected chi connectivity index (χ1v) is 6.16. The Bertz CT molecular complexity index is 412. The van der Waals surface area contributed by atoms with E-state index in [0.29, 0.717) is 6.54 Å². The summed E-state index contributed by atoms with van der Waals surface area (Å²) in [5.41, 5.74) is 1.82. The van der Waals surface area contributed by atoms with Crippen LogP contribution in [0.25, 0.3) is 0 Å². The van der Waals surface area contributed by atoms with Crippen molar-refractivity contribution in [3.63, 3.8) is 0 Å². The summed E-state index contributed by atoms with van der Waals surface area (Å²) >= 11 is 0. The van der Waals surface area contributed by atoms with Gasteiger partial charge in [0.15, 0.2) is 0 Å². The van der Waals surface area contributed by atoms with Crippen LogP contribution in [0.4, 0.5) is 0 Å². The van der Waals surface area contributed by atoms with Gasteiger partial charge in [-0.15, -0.1) is 0 Å². The summed E-state index contributed by atoms with van der Waals surface area (Å²) in [5, 5.41) is 9.18. The van der Waals surface area contributed by atoms with Gasteiger partial charge in [0.25, 0.3) is 5.91 Å². The van der Waals surface area contributed by atoms with Gasteiger partial charge in [0, 0.05) is 32.4 Å². The third kappa shape index (κ3) is 2.36. The average Bonchev–Trinajstić information content (AvgIpc) is 2.69. The van der Waals surface area contributed by atoms with Gasteiger partial charge in [-0.3, -0.25) is 4.79 Å². The topological polar surface area (TPSA) is 45.5 Å². The normalized spacial score (nSPS) is 20.6. The molecule has 0 saturated carbocycles. The number of aliphatic hydroxyl groups excluding tert-OH is 1. The molecule has 1 saturated heterocycles. The zero-order chi connectivity index (χ0) is 12.4. The Morgan fingerprint density at radius 1 is 1.53 bits per heavy atom. The lowest BCUT2D eigenvalue weighted by Gasteiger charge is -2.31. The van der Waals surface area contributed by atoms with Gasteiger partial charge < -0.3 is 14.6 Å². The highest BCUT2D eigenvalue weighted by Crippen LogP contribution is 2.18. The van der Waals surface area contributed by atoms with Crippen LogP contribution < -0.4 is 0 Å². The number of piperidine rings is 1. The van der Waals surface area contributed by atoms with Crippen molar-refractivity contribution >= 4 is 5.91 Å². The van der Waals surface area contributed by atoms with Gasteiger partial charge in [-0.1, -0.05) is 0 Å². The number of hydrogen-bond donors (Lipinski definition) is 1. The molecule has 1 amide bonds. The molecule has 1 fully saturated rings. The van der Waals surface area contributed by atoms with E-state index >= 15 is 0 Å². The van der Waals surface area contributed by atoms with Crippen molar-refractivity contribution in [3.8, 4) is 0 Å². The van der Waals surface area contributed by atoms with Crippen LogP contribution >= 0.6 is 0 Å². The minimum atomic E-state index is 0.0822. The number of carbonyl (C=O) groups is 1. The van der Waals surface area contributed by atoms with E-state index in [1.54, 1.807) is 0 Å². The fourth-order valence-corrected chi connectivity index (χ4v) is 2.39. The maximum atomic E-state index is 12.3. The van der Waals surface area contributed by atoms with Gasteiger partial charge in [-0.2, -0.15) is 0 Å². The lowest BCUT2D eigenvalue weighted by molar-refractivity contribution is 0.0611. The summed E-state index contributed by atoms with van der Waals surface area (Å²) in [7, 11) is 1.91. The summed E-state index contributed by atoms with van der Waals surface area (Å²) in [6.07, 6.45) is 2.01. The molecule has 94 valence electrons. The molecule has 1 aliphatic heterocycles. The highest BCUT2D eigenvalue weighted by Gasteiger charge is 2.25. The van der Waals surface area contributed by atoms with E-state index in [1.165, 1.54) is 0 Å². The number of carbonyl (C=O) groups excluding carboxylic acids is 1. The highest BCUT2D eigenvalue weighted by atomic mass is 16.3. The zero-order valence-corrected chi connectivity index (χ0v) is 10.5. The number of aryl methyl sites for hydroxylation is 1. The predicted molar refractivity (Wildman–Crippen MR) is 65.9 cm³/mol. The van der Waals surface area contributed by atoms with E-state index in [9.17, 15) is 9.90 Å². The molecule has 1 unspecified atom stereocenters. The molecule has 1 aromatic rings. The Balaban J connectivity index is 2.12. The number of rotatable bonds is 2. The molecule has 1 aliphatic rings. The minimum Gasteiger partial charge on any atom is -0.396 e. The van der Waals surface area contributed by atoms with Gasteiger partial charge in [0.05, 0.1) is 0 Å². The van der Waals surface area contributed by atoms with Crippen LogP contribution in [-0.2, 0) is 7.05 Å². The molecular formula is C13H20N2O2. The van der Waals surface area contributed by atoms with E-state index < -0.39 is 0 Å². The van der Waals surface area contributed by atoms with Crippen molar-refractivity contribution < 1.29 is 9.90 Å². The van der Waals surface area contributed by atoms with Crippen molar-refractivity contribution in [2.45, 2.75) is 19.8 Å². The van der Waals surface area contributed by atoms with Gasteiger partial charge in [-0.25, -0.2) is 0 Å². The maximum Gasteiger partial charge on any atom is 0.270 e. The van der Waals surface area contributed by atoms with Crippen LogP contribution in [-0.4, -0.2) is 40.2 Å². The van der Waals surface area contributed by atoms with E-state index in [4.69, 9.17) is 0 Å². The molecule has 4 nitrogen and oxygen atoms in total. The predicted octanol–water partition coefficient (Wildman–Crippen LogP) is 1.18. The third-order valence-electron chi connectivity index (χ3n) is 3.66. The van der Waals surface area contributed by atoms with Crippen LogP contribution in [0, 0.1) is 12.8 Å². The fourth-order valence-electron chi connectivity index (χ4n) is 2.39. The molecule has 0 bridgehead atoms. The Morgan fingerprint density at radius 3 is 2.88 bits per heavy atom. The first-order valence-electron chi connectivity index (χ1n) is 6.16. The van der Waals surface area contributed by atoms with Crippen molar-refractivity contribution in [1.82, 2.24) is 9.47 Å². The zero-order valence-electron chi connectivity index (χ0n) is 10.5. The molecule has 17 heavy (non-hydrogen) atoms. The highest BCUT2D eigenvalue weighted by molar-refractivity contribution is 5.93. The van der Waals surface area contributed by atoms with Crippen LogP contribution in [0.5, 0.6) is 0 Å². The van der Waals surface area contributed by atoms with Crippen LogP contribution in [0.1, 0.15) is 29.0 Å². The van der Waals surface area contributed by atoms with Gasteiger partial charge in [-0.05, 0) is 37.8 Å². The molecular weight excluding hydrogens is 216 g/mol.